The minimum Gasteiger partial charge on any atom is -0.0654 e. The Balaban J connectivity index is 2.33. The number of aryl methyl sites for hydroxylation is 2. The summed E-state index contributed by atoms with van der Waals surface area (Å²) < 4.78 is 0. The van der Waals surface area contributed by atoms with Gasteiger partial charge < -0.3 is 0 Å². The highest BCUT2D eigenvalue weighted by atomic mass is 14.1. The summed E-state index contributed by atoms with van der Waals surface area (Å²) in [5, 5.41) is 0. The van der Waals surface area contributed by atoms with Gasteiger partial charge in [0, 0.05) is 0 Å². The summed E-state index contributed by atoms with van der Waals surface area (Å²) in [5.74, 6) is 0. The van der Waals surface area contributed by atoms with Gasteiger partial charge in [0.25, 0.3) is 0 Å². The molecule has 0 heterocycles. The third-order valence-corrected chi connectivity index (χ3v) is 4.06. The van der Waals surface area contributed by atoms with Crippen molar-refractivity contribution in [2.24, 2.45) is 0 Å². The van der Waals surface area contributed by atoms with E-state index >= 15 is 0 Å². The molecule has 1 rings (SSSR count). The Bertz CT molecular complexity index is 338. The van der Waals surface area contributed by atoms with Crippen LogP contribution in [0.4, 0.5) is 0 Å². The van der Waals surface area contributed by atoms with Crippen molar-refractivity contribution >= 4 is 0 Å². The second kappa shape index (κ2) is 10.1. The Morgan fingerprint density at radius 1 is 0.842 bits per heavy atom. The van der Waals surface area contributed by atoms with Gasteiger partial charge in [0.05, 0.1) is 0 Å². The van der Waals surface area contributed by atoms with Crippen molar-refractivity contribution < 1.29 is 0 Å². The fourth-order valence-corrected chi connectivity index (χ4v) is 2.88. The Labute approximate surface area is 120 Å². The molecule has 0 bridgehead atoms. The SMILES string of the molecule is CCCCCCCCCc1[c]ccc(CC)c1CC. The molecule has 0 fully saturated rings. The molecule has 0 N–H and O–H groups in total. The largest absolute Gasteiger partial charge is 0.0654 e. The summed E-state index contributed by atoms with van der Waals surface area (Å²) >= 11 is 0. The fourth-order valence-electron chi connectivity index (χ4n) is 2.88. The molecule has 0 saturated carbocycles. The summed E-state index contributed by atoms with van der Waals surface area (Å²) in [5.41, 5.74) is 4.57. The van der Waals surface area contributed by atoms with Crippen LogP contribution < -0.4 is 0 Å². The maximum Gasteiger partial charge on any atom is -0.0146 e. The van der Waals surface area contributed by atoms with Gasteiger partial charge in [-0.25, -0.2) is 0 Å². The van der Waals surface area contributed by atoms with Crippen molar-refractivity contribution in [3.8, 4) is 0 Å². The third kappa shape index (κ3) is 5.80. The quantitative estimate of drug-likeness (QED) is 0.459. The average molecular weight is 259 g/mol. The van der Waals surface area contributed by atoms with Crippen LogP contribution in [-0.4, -0.2) is 0 Å². The maximum atomic E-state index is 3.47. The van der Waals surface area contributed by atoms with Crippen LogP contribution >= 0.6 is 0 Å². The number of benzene rings is 1. The van der Waals surface area contributed by atoms with Crippen LogP contribution in [0.2, 0.25) is 0 Å². The lowest BCUT2D eigenvalue weighted by Gasteiger charge is -2.12. The monoisotopic (exact) mass is 259 g/mol. The number of unbranched alkanes of at least 4 members (excludes halogenated alkanes) is 6. The molecule has 19 heavy (non-hydrogen) atoms. The van der Waals surface area contributed by atoms with Crippen LogP contribution in [0.25, 0.3) is 0 Å². The van der Waals surface area contributed by atoms with Crippen LogP contribution in [-0.2, 0) is 19.3 Å². The molecule has 0 aromatic heterocycles. The van der Waals surface area contributed by atoms with Gasteiger partial charge in [-0.15, -0.1) is 0 Å². The van der Waals surface area contributed by atoms with Gasteiger partial charge in [-0.05, 0) is 48.4 Å². The van der Waals surface area contributed by atoms with Crippen molar-refractivity contribution in [3.05, 3.63) is 34.9 Å². The van der Waals surface area contributed by atoms with Crippen LogP contribution in [0.1, 0.15) is 82.4 Å². The lowest BCUT2D eigenvalue weighted by atomic mass is 9.93. The minimum absolute atomic E-state index is 1.15. The summed E-state index contributed by atoms with van der Waals surface area (Å²) in [6.07, 6.45) is 13.3. The van der Waals surface area contributed by atoms with Crippen LogP contribution in [0.3, 0.4) is 0 Å². The highest BCUT2D eigenvalue weighted by Crippen LogP contribution is 2.19. The molecule has 0 amide bonds. The predicted octanol–water partition coefficient (Wildman–Crippen LogP) is 5.90. The van der Waals surface area contributed by atoms with Gasteiger partial charge >= 0.3 is 0 Å². The molecule has 0 aliphatic carbocycles. The second-order valence-corrected chi connectivity index (χ2v) is 5.54. The predicted molar refractivity (Wildman–Crippen MR) is 85.7 cm³/mol. The molecule has 1 aromatic rings. The molecule has 0 nitrogen and oxygen atoms in total. The van der Waals surface area contributed by atoms with Gasteiger partial charge in [0.15, 0.2) is 0 Å². The van der Waals surface area contributed by atoms with E-state index in [1.165, 1.54) is 62.5 Å². The standard InChI is InChI=1S/C19H31/c1-4-7-8-9-10-11-12-14-18-16-13-15-17(5-2)19(18)6-3/h13,15H,4-12,14H2,1-3H3. The first-order valence-electron chi connectivity index (χ1n) is 8.34. The average Bonchev–Trinajstić information content (AvgIpc) is 2.45. The molecule has 107 valence electrons. The minimum atomic E-state index is 1.15. The molecule has 0 atom stereocenters. The molecule has 0 unspecified atom stereocenters. The highest BCUT2D eigenvalue weighted by molar-refractivity contribution is 5.34. The Morgan fingerprint density at radius 3 is 2.16 bits per heavy atom. The van der Waals surface area contributed by atoms with Crippen molar-refractivity contribution in [2.45, 2.75) is 85.0 Å². The van der Waals surface area contributed by atoms with Crippen LogP contribution in [0.5, 0.6) is 0 Å². The van der Waals surface area contributed by atoms with Crippen LogP contribution in [0, 0.1) is 6.07 Å². The zero-order valence-electron chi connectivity index (χ0n) is 13.2. The van der Waals surface area contributed by atoms with E-state index in [0.717, 1.165) is 12.8 Å². The molecule has 1 radical (unpaired) electrons. The van der Waals surface area contributed by atoms with Crippen molar-refractivity contribution in [3.63, 3.8) is 0 Å². The van der Waals surface area contributed by atoms with E-state index < -0.39 is 0 Å². The molecule has 0 spiro atoms. The number of hydrogen-bond acceptors (Lipinski definition) is 0. The molecular weight excluding hydrogens is 228 g/mol. The van der Waals surface area contributed by atoms with Gasteiger partial charge in [-0.2, -0.15) is 0 Å². The van der Waals surface area contributed by atoms with E-state index in [1.54, 1.807) is 5.56 Å². The van der Waals surface area contributed by atoms with E-state index in [4.69, 9.17) is 0 Å². The first kappa shape index (κ1) is 16.3. The van der Waals surface area contributed by atoms with Crippen molar-refractivity contribution in [1.82, 2.24) is 0 Å². The number of rotatable bonds is 10. The zero-order chi connectivity index (χ0) is 13.9. The molecule has 1 aromatic carbocycles. The van der Waals surface area contributed by atoms with Gasteiger partial charge in [0.1, 0.15) is 0 Å². The van der Waals surface area contributed by atoms with E-state index in [2.05, 4.69) is 39.0 Å². The topological polar surface area (TPSA) is 0 Å². The van der Waals surface area contributed by atoms with Crippen molar-refractivity contribution in [2.75, 3.05) is 0 Å². The lowest BCUT2D eigenvalue weighted by Crippen LogP contribution is -1.99. The normalized spacial score (nSPS) is 10.9. The molecule has 0 aliphatic heterocycles. The lowest BCUT2D eigenvalue weighted by molar-refractivity contribution is 0.588. The second-order valence-electron chi connectivity index (χ2n) is 5.54. The first-order valence-corrected chi connectivity index (χ1v) is 8.34. The smallest absolute Gasteiger partial charge is 0.0146 e. The molecule has 0 aliphatic rings. The Morgan fingerprint density at radius 2 is 1.53 bits per heavy atom. The molecular formula is C19H31. The Hall–Kier alpha value is -0.780. The maximum absolute atomic E-state index is 3.47. The third-order valence-electron chi connectivity index (χ3n) is 4.06. The van der Waals surface area contributed by atoms with Gasteiger partial charge in [0.2, 0.25) is 0 Å². The van der Waals surface area contributed by atoms with Gasteiger partial charge in [-0.3, -0.25) is 0 Å². The number of hydrogen-bond donors (Lipinski definition) is 0. The van der Waals surface area contributed by atoms with Gasteiger partial charge in [-0.1, -0.05) is 71.4 Å². The van der Waals surface area contributed by atoms with E-state index in [-0.39, 0.29) is 0 Å². The molecule has 0 saturated heterocycles. The van der Waals surface area contributed by atoms with E-state index in [9.17, 15) is 0 Å². The summed E-state index contributed by atoms with van der Waals surface area (Å²) in [7, 11) is 0. The Kier molecular flexibility index (Phi) is 8.62. The zero-order valence-corrected chi connectivity index (χ0v) is 13.2. The first-order chi connectivity index (χ1) is 9.33. The van der Waals surface area contributed by atoms with E-state index in [1.807, 2.05) is 0 Å². The molecule has 0 heteroatoms. The fraction of sp³-hybridized carbons (Fsp3) is 0.684. The highest BCUT2D eigenvalue weighted by Gasteiger charge is 2.05. The van der Waals surface area contributed by atoms with Crippen LogP contribution in [0.15, 0.2) is 12.1 Å². The summed E-state index contributed by atoms with van der Waals surface area (Å²) in [4.78, 5) is 0. The van der Waals surface area contributed by atoms with E-state index in [0.29, 0.717) is 0 Å². The van der Waals surface area contributed by atoms with Crippen molar-refractivity contribution in [1.29, 1.82) is 0 Å². The summed E-state index contributed by atoms with van der Waals surface area (Å²) in [6.45, 7) is 6.81. The summed E-state index contributed by atoms with van der Waals surface area (Å²) in [6, 6.07) is 7.84.